The van der Waals surface area contributed by atoms with E-state index in [1.54, 1.807) is 16.7 Å². The first-order chi connectivity index (χ1) is 13.8. The zero-order valence-electron chi connectivity index (χ0n) is 15.4. The van der Waals surface area contributed by atoms with Crippen LogP contribution >= 0.6 is 11.8 Å². The van der Waals surface area contributed by atoms with E-state index in [0.717, 1.165) is 21.9 Å². The maximum absolute atomic E-state index is 13.3. The normalized spacial score (nSPS) is 19.2. The Hall–Kier alpha value is -2.85. The SMILES string of the molecule is O=C1[C@H](CCSc2ccccc2)C(=O)N(c2ccccc2)[C@H]1c1ccccc1. The molecule has 1 saturated heterocycles. The average Bonchev–Trinajstić information content (AvgIpc) is 3.00. The molecule has 140 valence electrons. The lowest BCUT2D eigenvalue weighted by Gasteiger charge is -2.24. The van der Waals surface area contributed by atoms with Crippen LogP contribution < -0.4 is 4.90 Å². The number of amides is 1. The molecule has 3 aromatic carbocycles. The Morgan fingerprint density at radius 3 is 1.96 bits per heavy atom. The van der Waals surface area contributed by atoms with Crippen LogP contribution in [0.2, 0.25) is 0 Å². The number of hydrogen-bond acceptors (Lipinski definition) is 3. The lowest BCUT2D eigenvalue weighted by Crippen LogP contribution is -2.29. The quantitative estimate of drug-likeness (QED) is 0.434. The minimum Gasteiger partial charge on any atom is -0.297 e. The second kappa shape index (κ2) is 8.44. The van der Waals surface area contributed by atoms with Crippen molar-refractivity contribution in [3.05, 3.63) is 96.6 Å². The predicted octanol–water partition coefficient (Wildman–Crippen LogP) is 5.14. The van der Waals surface area contributed by atoms with Crippen molar-refractivity contribution in [2.75, 3.05) is 10.7 Å². The number of anilines is 1. The van der Waals surface area contributed by atoms with Gasteiger partial charge in [0.25, 0.3) is 0 Å². The highest BCUT2D eigenvalue weighted by Crippen LogP contribution is 2.39. The Bertz CT molecular complexity index is 887. The molecule has 0 saturated carbocycles. The molecule has 1 amide bonds. The Balaban J connectivity index is 1.58. The molecule has 1 fully saturated rings. The third-order valence-electron chi connectivity index (χ3n) is 4.97. The third-order valence-corrected chi connectivity index (χ3v) is 6.02. The first kappa shape index (κ1) is 18.5. The van der Waals surface area contributed by atoms with Crippen molar-refractivity contribution in [3.8, 4) is 0 Å². The molecule has 0 aromatic heterocycles. The summed E-state index contributed by atoms with van der Waals surface area (Å²) in [7, 11) is 0. The van der Waals surface area contributed by atoms with E-state index in [9.17, 15) is 9.59 Å². The van der Waals surface area contributed by atoms with E-state index in [4.69, 9.17) is 0 Å². The van der Waals surface area contributed by atoms with Gasteiger partial charge in [-0.25, -0.2) is 0 Å². The van der Waals surface area contributed by atoms with Crippen molar-refractivity contribution < 1.29 is 9.59 Å². The number of benzene rings is 3. The maximum Gasteiger partial charge on any atom is 0.238 e. The van der Waals surface area contributed by atoms with Gasteiger partial charge in [0.1, 0.15) is 12.0 Å². The summed E-state index contributed by atoms with van der Waals surface area (Å²) in [6, 6.07) is 28.6. The highest BCUT2D eigenvalue weighted by molar-refractivity contribution is 7.99. The van der Waals surface area contributed by atoms with Crippen LogP contribution in [0.25, 0.3) is 0 Å². The van der Waals surface area contributed by atoms with Gasteiger partial charge in [-0.05, 0) is 42.0 Å². The largest absolute Gasteiger partial charge is 0.297 e. The highest BCUT2D eigenvalue weighted by atomic mass is 32.2. The van der Waals surface area contributed by atoms with Crippen LogP contribution in [0.4, 0.5) is 5.69 Å². The smallest absolute Gasteiger partial charge is 0.238 e. The van der Waals surface area contributed by atoms with Crippen molar-refractivity contribution in [2.24, 2.45) is 5.92 Å². The first-order valence-corrected chi connectivity index (χ1v) is 10.4. The van der Waals surface area contributed by atoms with Gasteiger partial charge in [-0.3, -0.25) is 14.5 Å². The predicted molar refractivity (Wildman–Crippen MR) is 113 cm³/mol. The van der Waals surface area contributed by atoms with Crippen LogP contribution in [0.1, 0.15) is 18.0 Å². The number of para-hydroxylation sites is 1. The van der Waals surface area contributed by atoms with E-state index in [2.05, 4.69) is 0 Å². The van der Waals surface area contributed by atoms with Gasteiger partial charge in [0.15, 0.2) is 5.78 Å². The fourth-order valence-corrected chi connectivity index (χ4v) is 4.56. The van der Waals surface area contributed by atoms with E-state index in [0.29, 0.717) is 6.42 Å². The molecule has 3 aromatic rings. The molecule has 0 aliphatic carbocycles. The van der Waals surface area contributed by atoms with Crippen LogP contribution in [0.15, 0.2) is 95.9 Å². The standard InChI is InChI=1S/C24H21NO2S/c26-23-21(16-17-28-20-14-8-3-9-15-20)24(27)25(19-12-6-2-7-13-19)22(23)18-10-4-1-5-11-18/h1-15,21-22H,16-17H2/t21-,22-/m0/s1. The van der Waals surface area contributed by atoms with Gasteiger partial charge in [-0.15, -0.1) is 11.8 Å². The summed E-state index contributed by atoms with van der Waals surface area (Å²) in [6.45, 7) is 0. The number of thioether (sulfide) groups is 1. The molecule has 4 rings (SSSR count). The lowest BCUT2D eigenvalue weighted by molar-refractivity contribution is -0.127. The van der Waals surface area contributed by atoms with Crippen LogP contribution in [-0.4, -0.2) is 17.4 Å². The number of rotatable bonds is 6. The van der Waals surface area contributed by atoms with Crippen LogP contribution in [0.3, 0.4) is 0 Å². The van der Waals surface area contributed by atoms with Gasteiger partial charge in [-0.2, -0.15) is 0 Å². The summed E-state index contributed by atoms with van der Waals surface area (Å²) in [5.41, 5.74) is 1.64. The molecule has 2 atom stereocenters. The third kappa shape index (κ3) is 3.73. The fourth-order valence-electron chi connectivity index (χ4n) is 3.63. The molecular weight excluding hydrogens is 366 g/mol. The monoisotopic (exact) mass is 387 g/mol. The van der Waals surface area contributed by atoms with Gasteiger partial charge < -0.3 is 0 Å². The molecule has 1 heterocycles. The van der Waals surface area contributed by atoms with E-state index in [-0.39, 0.29) is 11.7 Å². The summed E-state index contributed by atoms with van der Waals surface area (Å²) in [5.74, 6) is 0.0325. The number of Topliss-reactive ketones (excluding diaryl/α,β-unsaturated/α-hetero) is 1. The molecule has 0 radical (unpaired) electrons. The summed E-state index contributed by atoms with van der Waals surface area (Å²) in [4.78, 5) is 29.3. The molecule has 0 unspecified atom stereocenters. The van der Waals surface area contributed by atoms with E-state index >= 15 is 0 Å². The number of nitrogens with zero attached hydrogens (tertiary/aromatic N) is 1. The van der Waals surface area contributed by atoms with Gasteiger partial charge in [0, 0.05) is 10.6 Å². The minimum atomic E-state index is -0.596. The van der Waals surface area contributed by atoms with Crippen molar-refractivity contribution in [1.82, 2.24) is 0 Å². The molecule has 0 spiro atoms. The van der Waals surface area contributed by atoms with Crippen molar-refractivity contribution in [2.45, 2.75) is 17.4 Å². The van der Waals surface area contributed by atoms with Crippen LogP contribution in [0, 0.1) is 5.92 Å². The van der Waals surface area contributed by atoms with Crippen LogP contribution in [0.5, 0.6) is 0 Å². The summed E-state index contributed by atoms with van der Waals surface area (Å²) < 4.78 is 0. The molecule has 1 aliphatic rings. The molecule has 4 heteroatoms. The Morgan fingerprint density at radius 2 is 1.32 bits per heavy atom. The molecule has 3 nitrogen and oxygen atoms in total. The molecule has 0 N–H and O–H groups in total. The lowest BCUT2D eigenvalue weighted by atomic mass is 9.96. The van der Waals surface area contributed by atoms with Crippen molar-refractivity contribution >= 4 is 29.1 Å². The highest BCUT2D eigenvalue weighted by Gasteiger charge is 2.47. The molecule has 28 heavy (non-hydrogen) atoms. The van der Waals surface area contributed by atoms with Crippen molar-refractivity contribution in [3.63, 3.8) is 0 Å². The number of carbonyl (C=O) groups excluding carboxylic acids is 2. The zero-order chi connectivity index (χ0) is 19.3. The van der Waals surface area contributed by atoms with Gasteiger partial charge in [0.05, 0.1) is 0 Å². The number of carbonyl (C=O) groups is 2. The van der Waals surface area contributed by atoms with Gasteiger partial charge in [0.2, 0.25) is 5.91 Å². The Kier molecular flexibility index (Phi) is 5.58. The van der Waals surface area contributed by atoms with Crippen LogP contribution in [-0.2, 0) is 9.59 Å². The molecule has 1 aliphatic heterocycles. The average molecular weight is 388 g/mol. The Labute approximate surface area is 169 Å². The molecule has 0 bridgehead atoms. The van der Waals surface area contributed by atoms with E-state index in [1.807, 2.05) is 91.0 Å². The fraction of sp³-hybridized carbons (Fsp3) is 0.167. The summed E-state index contributed by atoms with van der Waals surface area (Å²) >= 11 is 1.68. The summed E-state index contributed by atoms with van der Waals surface area (Å²) in [6.07, 6.45) is 0.546. The topological polar surface area (TPSA) is 37.4 Å². The second-order valence-corrected chi connectivity index (χ2v) is 7.93. The number of ketones is 1. The number of hydrogen-bond donors (Lipinski definition) is 0. The first-order valence-electron chi connectivity index (χ1n) is 9.40. The maximum atomic E-state index is 13.3. The van der Waals surface area contributed by atoms with E-state index < -0.39 is 12.0 Å². The summed E-state index contributed by atoms with van der Waals surface area (Å²) in [5, 5.41) is 0. The zero-order valence-corrected chi connectivity index (χ0v) is 16.2. The molecular formula is C24H21NO2S. The second-order valence-electron chi connectivity index (χ2n) is 6.76. The van der Waals surface area contributed by atoms with E-state index in [1.165, 1.54) is 0 Å². The minimum absolute atomic E-state index is 0.00582. The van der Waals surface area contributed by atoms with Gasteiger partial charge in [-0.1, -0.05) is 66.7 Å². The Morgan fingerprint density at radius 1 is 0.750 bits per heavy atom. The van der Waals surface area contributed by atoms with Crippen molar-refractivity contribution in [1.29, 1.82) is 0 Å². The van der Waals surface area contributed by atoms with Gasteiger partial charge >= 0.3 is 0 Å².